The molecule has 1 atom stereocenters. The normalized spacial score (nSPS) is 16.8. The lowest BCUT2D eigenvalue weighted by atomic mass is 9.93. The Bertz CT molecular complexity index is 1400. The first-order valence-electron chi connectivity index (χ1n) is 10.9. The van der Waals surface area contributed by atoms with Gasteiger partial charge in [0.25, 0.3) is 11.7 Å². The van der Waals surface area contributed by atoms with Crippen molar-refractivity contribution in [1.82, 2.24) is 0 Å². The Kier molecular flexibility index (Phi) is 6.30. The molecule has 3 aromatic rings. The fraction of sp³-hybridized carbons (Fsp3) is 0.179. The predicted octanol–water partition coefficient (Wildman–Crippen LogP) is 4.82. The van der Waals surface area contributed by atoms with E-state index in [1.54, 1.807) is 48.5 Å². The van der Waals surface area contributed by atoms with Crippen LogP contribution in [0, 0.1) is 25.2 Å². The molecule has 1 heterocycles. The molecule has 7 heteroatoms. The summed E-state index contributed by atoms with van der Waals surface area (Å²) in [4.78, 5) is 28.0. The lowest BCUT2D eigenvalue weighted by Gasteiger charge is -2.26. The molecule has 176 valence electrons. The standard InChI is InChI=1S/C28H24N2O5/c1-16-5-6-17(2)21(13-16)26(31)24-25(19-9-12-22(34-3)23(14-19)35-4)30(28(33)27(24)32)20-10-7-18(15-29)8-11-20/h5-14,25,31H,1-4H3/b26-24+. The second-order valence-corrected chi connectivity index (χ2v) is 8.26. The van der Waals surface area contributed by atoms with Gasteiger partial charge >= 0.3 is 0 Å². The highest BCUT2D eigenvalue weighted by molar-refractivity contribution is 6.51. The summed E-state index contributed by atoms with van der Waals surface area (Å²) in [6, 6.07) is 18.1. The number of hydrogen-bond donors (Lipinski definition) is 1. The van der Waals surface area contributed by atoms with Crippen molar-refractivity contribution in [2.45, 2.75) is 19.9 Å². The number of aryl methyl sites for hydroxylation is 2. The molecule has 3 aromatic carbocycles. The molecule has 0 aliphatic carbocycles. The summed E-state index contributed by atoms with van der Waals surface area (Å²) in [5.74, 6) is -0.919. The quantitative estimate of drug-likeness (QED) is 0.327. The fourth-order valence-corrected chi connectivity index (χ4v) is 4.27. The molecule has 0 radical (unpaired) electrons. The number of aliphatic hydroxyl groups is 1. The topological polar surface area (TPSA) is 99.9 Å². The third kappa shape index (κ3) is 4.11. The Labute approximate surface area is 203 Å². The van der Waals surface area contributed by atoms with E-state index in [0.29, 0.717) is 33.9 Å². The minimum atomic E-state index is -0.928. The summed E-state index contributed by atoms with van der Waals surface area (Å²) in [5, 5.41) is 20.6. The second-order valence-electron chi connectivity index (χ2n) is 8.26. The van der Waals surface area contributed by atoms with Crippen LogP contribution in [0.1, 0.15) is 33.9 Å². The number of ether oxygens (including phenoxy) is 2. The maximum absolute atomic E-state index is 13.4. The van der Waals surface area contributed by atoms with Crippen LogP contribution in [0.15, 0.2) is 66.2 Å². The molecule has 1 aliphatic heterocycles. The van der Waals surface area contributed by atoms with Crippen molar-refractivity contribution < 1.29 is 24.2 Å². The maximum Gasteiger partial charge on any atom is 0.300 e. The first-order valence-corrected chi connectivity index (χ1v) is 10.9. The Morgan fingerprint density at radius 3 is 2.26 bits per heavy atom. The van der Waals surface area contributed by atoms with E-state index in [-0.39, 0.29) is 11.3 Å². The predicted molar refractivity (Wildman–Crippen MR) is 131 cm³/mol. The molecule has 0 saturated carbocycles. The smallest absolute Gasteiger partial charge is 0.300 e. The molecule has 1 aliphatic rings. The molecule has 1 saturated heterocycles. The molecule has 4 rings (SSSR count). The molecule has 1 fully saturated rings. The molecule has 1 unspecified atom stereocenters. The summed E-state index contributed by atoms with van der Waals surface area (Å²) in [6.07, 6.45) is 0. The molecule has 0 spiro atoms. The number of nitriles is 1. The summed E-state index contributed by atoms with van der Waals surface area (Å²) in [5.41, 5.74) is 3.52. The minimum Gasteiger partial charge on any atom is -0.507 e. The van der Waals surface area contributed by atoms with Gasteiger partial charge in [0, 0.05) is 11.3 Å². The number of rotatable bonds is 5. The number of methoxy groups -OCH3 is 2. The Balaban J connectivity index is 1.99. The third-order valence-corrected chi connectivity index (χ3v) is 6.09. The minimum absolute atomic E-state index is 0.0275. The summed E-state index contributed by atoms with van der Waals surface area (Å²) in [7, 11) is 3.01. The molecular weight excluding hydrogens is 444 g/mol. The molecule has 0 bridgehead atoms. The second kappa shape index (κ2) is 9.35. The largest absolute Gasteiger partial charge is 0.507 e. The number of carbonyl (C=O) groups excluding carboxylic acids is 2. The molecule has 1 amide bonds. The van der Waals surface area contributed by atoms with Crippen molar-refractivity contribution in [1.29, 1.82) is 5.26 Å². The van der Waals surface area contributed by atoms with E-state index in [1.807, 2.05) is 32.0 Å². The van der Waals surface area contributed by atoms with Crippen molar-refractivity contribution in [2.75, 3.05) is 19.1 Å². The van der Waals surface area contributed by atoms with Gasteiger partial charge in [-0.3, -0.25) is 14.5 Å². The van der Waals surface area contributed by atoms with Crippen molar-refractivity contribution in [3.05, 3.63) is 94.1 Å². The van der Waals surface area contributed by atoms with Crippen LogP contribution in [0.4, 0.5) is 5.69 Å². The highest BCUT2D eigenvalue weighted by atomic mass is 16.5. The van der Waals surface area contributed by atoms with Crippen LogP contribution in [-0.2, 0) is 9.59 Å². The van der Waals surface area contributed by atoms with Crippen LogP contribution in [0.5, 0.6) is 11.5 Å². The lowest BCUT2D eigenvalue weighted by molar-refractivity contribution is -0.132. The van der Waals surface area contributed by atoms with Gasteiger partial charge in [0.05, 0.1) is 37.5 Å². The van der Waals surface area contributed by atoms with Crippen LogP contribution in [0.25, 0.3) is 5.76 Å². The van der Waals surface area contributed by atoms with Crippen molar-refractivity contribution in [3.8, 4) is 17.6 Å². The zero-order valence-corrected chi connectivity index (χ0v) is 19.8. The first kappa shape index (κ1) is 23.6. The van der Waals surface area contributed by atoms with E-state index >= 15 is 0 Å². The van der Waals surface area contributed by atoms with Crippen molar-refractivity contribution in [3.63, 3.8) is 0 Å². The number of Topliss-reactive ketones (excluding diaryl/α,β-unsaturated/α-hetero) is 1. The Morgan fingerprint density at radius 2 is 1.63 bits per heavy atom. The number of carbonyl (C=O) groups is 2. The van der Waals surface area contributed by atoms with E-state index in [0.717, 1.165) is 11.1 Å². The zero-order valence-electron chi connectivity index (χ0n) is 19.8. The van der Waals surface area contributed by atoms with Gasteiger partial charge in [0.2, 0.25) is 0 Å². The van der Waals surface area contributed by atoms with Crippen LogP contribution < -0.4 is 14.4 Å². The van der Waals surface area contributed by atoms with Gasteiger partial charge in [-0.25, -0.2) is 0 Å². The van der Waals surface area contributed by atoms with Gasteiger partial charge in [0.15, 0.2) is 11.5 Å². The highest BCUT2D eigenvalue weighted by Gasteiger charge is 2.47. The third-order valence-electron chi connectivity index (χ3n) is 6.09. The number of anilines is 1. The van der Waals surface area contributed by atoms with E-state index < -0.39 is 17.7 Å². The number of ketones is 1. The zero-order chi connectivity index (χ0) is 25.3. The Morgan fingerprint density at radius 1 is 0.943 bits per heavy atom. The number of amides is 1. The van der Waals surface area contributed by atoms with Crippen molar-refractivity contribution in [2.24, 2.45) is 0 Å². The summed E-state index contributed by atoms with van der Waals surface area (Å²) < 4.78 is 10.8. The van der Waals surface area contributed by atoms with Gasteiger partial charge in [0.1, 0.15) is 5.76 Å². The van der Waals surface area contributed by atoms with Gasteiger partial charge in [-0.15, -0.1) is 0 Å². The average molecular weight is 469 g/mol. The molecule has 1 N–H and O–H groups in total. The SMILES string of the molecule is COc1ccc(C2/C(=C(\O)c3cc(C)ccc3C)C(=O)C(=O)N2c2ccc(C#N)cc2)cc1OC. The van der Waals surface area contributed by atoms with Crippen LogP contribution >= 0.6 is 0 Å². The highest BCUT2D eigenvalue weighted by Crippen LogP contribution is 2.44. The van der Waals surface area contributed by atoms with Crippen LogP contribution in [0.2, 0.25) is 0 Å². The fourth-order valence-electron chi connectivity index (χ4n) is 4.27. The molecule has 7 nitrogen and oxygen atoms in total. The maximum atomic E-state index is 13.4. The van der Waals surface area contributed by atoms with E-state index in [4.69, 9.17) is 14.7 Å². The molecular formula is C28H24N2O5. The van der Waals surface area contributed by atoms with Gasteiger partial charge in [-0.05, 0) is 67.4 Å². The first-order chi connectivity index (χ1) is 16.8. The van der Waals surface area contributed by atoms with E-state index in [9.17, 15) is 14.7 Å². The number of benzene rings is 3. The monoisotopic (exact) mass is 468 g/mol. The number of aliphatic hydroxyl groups excluding tert-OH is 1. The van der Waals surface area contributed by atoms with Crippen molar-refractivity contribution >= 4 is 23.1 Å². The van der Waals surface area contributed by atoms with Crippen LogP contribution in [-0.4, -0.2) is 31.0 Å². The van der Waals surface area contributed by atoms with Gasteiger partial charge in [-0.2, -0.15) is 5.26 Å². The molecule has 0 aromatic heterocycles. The summed E-state index contributed by atoms with van der Waals surface area (Å²) in [6.45, 7) is 3.72. The number of hydrogen-bond acceptors (Lipinski definition) is 6. The lowest BCUT2D eigenvalue weighted by Crippen LogP contribution is -2.29. The van der Waals surface area contributed by atoms with E-state index in [2.05, 4.69) is 0 Å². The number of nitrogens with zero attached hydrogens (tertiary/aromatic N) is 2. The van der Waals surface area contributed by atoms with Gasteiger partial charge in [-0.1, -0.05) is 23.8 Å². The van der Waals surface area contributed by atoms with E-state index in [1.165, 1.54) is 19.1 Å². The van der Waals surface area contributed by atoms with Gasteiger partial charge < -0.3 is 14.6 Å². The Hall–Kier alpha value is -4.57. The van der Waals surface area contributed by atoms with Crippen LogP contribution in [0.3, 0.4) is 0 Å². The molecule has 35 heavy (non-hydrogen) atoms. The average Bonchev–Trinajstić information content (AvgIpc) is 3.14. The summed E-state index contributed by atoms with van der Waals surface area (Å²) >= 11 is 0.